The number of rotatable bonds is 5. The average Bonchev–Trinajstić information content (AvgIpc) is 2.49. The Hall–Kier alpha value is -2.54. The van der Waals surface area contributed by atoms with Gasteiger partial charge in [0, 0.05) is 31.6 Å². The van der Waals surface area contributed by atoms with E-state index in [9.17, 15) is 9.59 Å². The first kappa shape index (κ1) is 13.9. The Balaban J connectivity index is 2.25. The molecule has 2 aromatic rings. The number of pyridine rings is 1. The third-order valence-corrected chi connectivity index (χ3v) is 2.62. The number of hydrogen-bond donors (Lipinski definition) is 2. The molecule has 1 amide bonds. The molecule has 2 heterocycles. The van der Waals surface area contributed by atoms with Crippen LogP contribution in [-0.2, 0) is 4.74 Å². The van der Waals surface area contributed by atoms with Crippen LogP contribution >= 0.6 is 0 Å². The lowest BCUT2D eigenvalue weighted by Crippen LogP contribution is -2.32. The Morgan fingerprint density at radius 2 is 2.15 bits per heavy atom. The zero-order valence-electron chi connectivity index (χ0n) is 10.9. The normalized spacial score (nSPS) is 10.2. The van der Waals surface area contributed by atoms with Crippen LogP contribution in [0.5, 0.6) is 0 Å². The van der Waals surface area contributed by atoms with Crippen molar-refractivity contribution in [1.29, 1.82) is 0 Å². The molecule has 0 aliphatic heterocycles. The van der Waals surface area contributed by atoms with Gasteiger partial charge < -0.3 is 10.1 Å². The number of aromatic amines is 1. The van der Waals surface area contributed by atoms with Crippen molar-refractivity contribution in [1.82, 2.24) is 20.5 Å². The summed E-state index contributed by atoms with van der Waals surface area (Å²) in [5.74, 6) is -0.457. The van der Waals surface area contributed by atoms with E-state index in [1.54, 1.807) is 24.5 Å². The van der Waals surface area contributed by atoms with Crippen LogP contribution in [0.15, 0.2) is 35.4 Å². The van der Waals surface area contributed by atoms with Crippen LogP contribution in [0.3, 0.4) is 0 Å². The summed E-state index contributed by atoms with van der Waals surface area (Å²) in [5, 5.41) is 8.83. The topological polar surface area (TPSA) is 97.0 Å². The molecule has 0 saturated heterocycles. The molecule has 2 aromatic heterocycles. The summed E-state index contributed by atoms with van der Waals surface area (Å²) >= 11 is 0. The van der Waals surface area contributed by atoms with Gasteiger partial charge in [0.2, 0.25) is 0 Å². The van der Waals surface area contributed by atoms with Crippen molar-refractivity contribution in [2.75, 3.05) is 20.3 Å². The van der Waals surface area contributed by atoms with Crippen molar-refractivity contribution >= 4 is 5.91 Å². The fraction of sp³-hybridized carbons (Fsp3) is 0.231. The molecule has 0 aliphatic carbocycles. The van der Waals surface area contributed by atoms with Crippen LogP contribution in [0.4, 0.5) is 0 Å². The number of H-pyrrole nitrogens is 1. The lowest BCUT2D eigenvalue weighted by atomic mass is 10.1. The summed E-state index contributed by atoms with van der Waals surface area (Å²) < 4.78 is 4.83. The van der Waals surface area contributed by atoms with Gasteiger partial charge in [-0.25, -0.2) is 5.10 Å². The highest BCUT2D eigenvalue weighted by Crippen LogP contribution is 2.14. The second kappa shape index (κ2) is 6.58. The van der Waals surface area contributed by atoms with Crippen LogP contribution in [-0.4, -0.2) is 41.3 Å². The summed E-state index contributed by atoms with van der Waals surface area (Å²) in [6.45, 7) is 0.716. The number of ether oxygens (including phenoxy) is 1. The highest BCUT2D eigenvalue weighted by atomic mass is 16.5. The van der Waals surface area contributed by atoms with E-state index in [1.807, 2.05) is 0 Å². The second-order valence-electron chi connectivity index (χ2n) is 3.98. The fourth-order valence-corrected chi connectivity index (χ4v) is 1.61. The second-order valence-corrected chi connectivity index (χ2v) is 3.98. The number of aromatic nitrogens is 3. The van der Waals surface area contributed by atoms with Crippen molar-refractivity contribution in [3.05, 3.63) is 46.5 Å². The summed E-state index contributed by atoms with van der Waals surface area (Å²) in [7, 11) is 1.53. The summed E-state index contributed by atoms with van der Waals surface area (Å²) in [4.78, 5) is 27.5. The van der Waals surface area contributed by atoms with Crippen LogP contribution in [0.2, 0.25) is 0 Å². The first-order valence-electron chi connectivity index (χ1n) is 5.99. The fourth-order valence-electron chi connectivity index (χ4n) is 1.61. The Morgan fingerprint density at radius 3 is 2.85 bits per heavy atom. The number of amides is 1. The number of carbonyl (C=O) groups excluding carboxylic acids is 1. The van der Waals surface area contributed by atoms with Crippen molar-refractivity contribution in [2.24, 2.45) is 0 Å². The third kappa shape index (κ3) is 3.27. The van der Waals surface area contributed by atoms with Crippen LogP contribution in [0.1, 0.15) is 10.4 Å². The highest BCUT2D eigenvalue weighted by molar-refractivity contribution is 5.94. The van der Waals surface area contributed by atoms with E-state index < -0.39 is 11.5 Å². The third-order valence-electron chi connectivity index (χ3n) is 2.62. The lowest BCUT2D eigenvalue weighted by molar-refractivity contribution is 0.0935. The molecule has 7 heteroatoms. The first-order chi connectivity index (χ1) is 9.72. The SMILES string of the molecule is COCCNC(=O)c1cc(-c2ccncc2)n[nH]c1=O. The van der Waals surface area contributed by atoms with Gasteiger partial charge in [0.25, 0.3) is 11.5 Å². The Bertz CT molecular complexity index is 640. The van der Waals surface area contributed by atoms with Crippen LogP contribution < -0.4 is 10.9 Å². The van der Waals surface area contributed by atoms with E-state index in [0.717, 1.165) is 5.56 Å². The predicted octanol–water partition coefficient (Wildman–Crippen LogP) is 0.208. The quantitative estimate of drug-likeness (QED) is 0.760. The van der Waals surface area contributed by atoms with E-state index in [1.165, 1.54) is 13.2 Å². The largest absolute Gasteiger partial charge is 0.383 e. The minimum Gasteiger partial charge on any atom is -0.383 e. The number of carbonyl (C=O) groups is 1. The summed E-state index contributed by atoms with van der Waals surface area (Å²) in [6, 6.07) is 4.94. The highest BCUT2D eigenvalue weighted by Gasteiger charge is 2.12. The lowest BCUT2D eigenvalue weighted by Gasteiger charge is -2.05. The van der Waals surface area contributed by atoms with E-state index in [0.29, 0.717) is 18.8 Å². The Kier molecular flexibility index (Phi) is 4.56. The van der Waals surface area contributed by atoms with Gasteiger partial charge in [-0.3, -0.25) is 14.6 Å². The molecule has 0 saturated carbocycles. The van der Waals surface area contributed by atoms with Gasteiger partial charge in [-0.05, 0) is 18.2 Å². The van der Waals surface area contributed by atoms with Gasteiger partial charge >= 0.3 is 0 Å². The smallest absolute Gasteiger partial charge is 0.277 e. The monoisotopic (exact) mass is 274 g/mol. The molecule has 0 unspecified atom stereocenters. The minimum atomic E-state index is -0.530. The first-order valence-corrected chi connectivity index (χ1v) is 5.99. The minimum absolute atomic E-state index is 0.0166. The van der Waals surface area contributed by atoms with Gasteiger partial charge in [0.15, 0.2) is 0 Å². The molecule has 7 nitrogen and oxygen atoms in total. The van der Waals surface area contributed by atoms with E-state index in [2.05, 4.69) is 20.5 Å². The molecule has 0 bridgehead atoms. The molecular weight excluding hydrogens is 260 g/mol. The molecule has 0 radical (unpaired) electrons. The van der Waals surface area contributed by atoms with Gasteiger partial charge in [0.05, 0.1) is 12.3 Å². The predicted molar refractivity (Wildman–Crippen MR) is 72.3 cm³/mol. The number of nitrogens with zero attached hydrogens (tertiary/aromatic N) is 2. The Morgan fingerprint density at radius 1 is 1.40 bits per heavy atom. The standard InChI is InChI=1S/C13H14N4O3/c1-20-7-6-15-12(18)10-8-11(16-17-13(10)19)9-2-4-14-5-3-9/h2-5,8H,6-7H2,1H3,(H,15,18)(H,17,19). The molecule has 0 atom stereocenters. The number of hydrogen-bond acceptors (Lipinski definition) is 5. The van der Waals surface area contributed by atoms with Crippen molar-refractivity contribution in [2.45, 2.75) is 0 Å². The molecule has 104 valence electrons. The van der Waals surface area contributed by atoms with E-state index in [-0.39, 0.29) is 5.56 Å². The molecule has 0 fully saturated rings. The van der Waals surface area contributed by atoms with Gasteiger partial charge in [-0.1, -0.05) is 0 Å². The van der Waals surface area contributed by atoms with Crippen LogP contribution in [0, 0.1) is 0 Å². The van der Waals surface area contributed by atoms with Crippen molar-refractivity contribution in [3.63, 3.8) is 0 Å². The van der Waals surface area contributed by atoms with Gasteiger partial charge in [-0.15, -0.1) is 0 Å². The maximum atomic E-state index is 11.9. The van der Waals surface area contributed by atoms with Gasteiger partial charge in [-0.2, -0.15) is 5.10 Å². The van der Waals surface area contributed by atoms with E-state index in [4.69, 9.17) is 4.74 Å². The molecule has 20 heavy (non-hydrogen) atoms. The van der Waals surface area contributed by atoms with Crippen LogP contribution in [0.25, 0.3) is 11.3 Å². The maximum Gasteiger partial charge on any atom is 0.277 e. The summed E-state index contributed by atoms with van der Waals surface area (Å²) in [5.41, 5.74) is 0.756. The molecule has 0 aliphatic rings. The molecule has 0 spiro atoms. The zero-order chi connectivity index (χ0) is 14.4. The molecule has 2 N–H and O–H groups in total. The molecule has 2 rings (SSSR count). The van der Waals surface area contributed by atoms with E-state index >= 15 is 0 Å². The van der Waals surface area contributed by atoms with Crippen molar-refractivity contribution in [3.8, 4) is 11.3 Å². The average molecular weight is 274 g/mol. The van der Waals surface area contributed by atoms with Crippen molar-refractivity contribution < 1.29 is 9.53 Å². The molecular formula is C13H14N4O3. The maximum absolute atomic E-state index is 11.9. The zero-order valence-corrected chi connectivity index (χ0v) is 10.9. The Labute approximate surface area is 115 Å². The van der Waals surface area contributed by atoms with Gasteiger partial charge in [0.1, 0.15) is 5.56 Å². The molecule has 0 aromatic carbocycles. The number of nitrogens with one attached hydrogen (secondary N) is 2. The number of methoxy groups -OCH3 is 1. The summed E-state index contributed by atoms with van der Waals surface area (Å²) in [6.07, 6.45) is 3.22.